The highest BCUT2D eigenvalue weighted by Crippen LogP contribution is 2.21. The van der Waals surface area contributed by atoms with Crippen molar-refractivity contribution < 1.29 is 4.79 Å². The van der Waals surface area contributed by atoms with E-state index in [0.717, 1.165) is 12.0 Å². The number of hydrogen-bond donors (Lipinski definition) is 2. The lowest BCUT2D eigenvalue weighted by molar-refractivity contribution is -0.122. The molecule has 0 aliphatic carbocycles. The van der Waals surface area contributed by atoms with Gasteiger partial charge in [-0.25, -0.2) is 4.79 Å². The molecule has 0 spiro atoms. The fourth-order valence-electron chi connectivity index (χ4n) is 3.22. The number of nitrogens with one attached hydrogen (secondary N) is 2. The first kappa shape index (κ1) is 18.6. The number of benzene rings is 2. The highest BCUT2D eigenvalue weighted by atomic mass is 16.2. The third-order valence-electron chi connectivity index (χ3n) is 4.45. The van der Waals surface area contributed by atoms with Gasteiger partial charge < -0.3 is 5.32 Å². The molecule has 3 aromatic rings. The molecule has 0 saturated heterocycles. The standard InChI is InChI=1S/C21H23N3O3/c1-14(2)12-17(15-8-4-3-5-9-15)22-19(25)13-24-18-11-7-6-10-16(18)20(26)23-21(24)27/h3-11,14,17H,12-13H2,1-2H3,(H,22,25)(H,23,26,27)/t17-/m1/s1. The lowest BCUT2D eigenvalue weighted by atomic mass is 9.97. The highest BCUT2D eigenvalue weighted by molar-refractivity contribution is 5.81. The molecular formula is C21H23N3O3. The number of H-pyrrole nitrogens is 1. The summed E-state index contributed by atoms with van der Waals surface area (Å²) in [6.07, 6.45) is 0.789. The second kappa shape index (κ2) is 8.03. The molecule has 0 unspecified atom stereocenters. The molecule has 6 heteroatoms. The van der Waals surface area contributed by atoms with E-state index in [9.17, 15) is 14.4 Å². The van der Waals surface area contributed by atoms with Crippen LogP contribution in [-0.2, 0) is 11.3 Å². The van der Waals surface area contributed by atoms with Gasteiger partial charge in [0.25, 0.3) is 5.56 Å². The fourth-order valence-corrected chi connectivity index (χ4v) is 3.22. The van der Waals surface area contributed by atoms with Crippen LogP contribution in [0, 0.1) is 5.92 Å². The Balaban J connectivity index is 1.88. The summed E-state index contributed by atoms with van der Waals surface area (Å²) in [6.45, 7) is 4.04. The van der Waals surface area contributed by atoms with Crippen LogP contribution in [0.25, 0.3) is 10.9 Å². The van der Waals surface area contributed by atoms with Gasteiger partial charge in [-0.05, 0) is 30.0 Å². The Kier molecular flexibility index (Phi) is 5.54. The van der Waals surface area contributed by atoms with Gasteiger partial charge in [-0.15, -0.1) is 0 Å². The molecule has 1 amide bonds. The van der Waals surface area contributed by atoms with Crippen LogP contribution in [0.15, 0.2) is 64.2 Å². The number of hydrogen-bond acceptors (Lipinski definition) is 3. The number of rotatable bonds is 6. The van der Waals surface area contributed by atoms with Gasteiger partial charge in [-0.2, -0.15) is 0 Å². The predicted octanol–water partition coefficient (Wildman–Crippen LogP) is 2.59. The van der Waals surface area contributed by atoms with Gasteiger partial charge in [0.2, 0.25) is 5.91 Å². The number of aromatic nitrogens is 2. The van der Waals surface area contributed by atoms with Crippen molar-refractivity contribution >= 4 is 16.8 Å². The Morgan fingerprint density at radius 1 is 1.04 bits per heavy atom. The predicted molar refractivity (Wildman–Crippen MR) is 106 cm³/mol. The maximum Gasteiger partial charge on any atom is 0.329 e. The van der Waals surface area contributed by atoms with Crippen molar-refractivity contribution in [2.75, 3.05) is 0 Å². The number of fused-ring (bicyclic) bond motifs is 1. The quantitative estimate of drug-likeness (QED) is 0.704. The molecule has 27 heavy (non-hydrogen) atoms. The zero-order valence-corrected chi connectivity index (χ0v) is 15.4. The van der Waals surface area contributed by atoms with Crippen LogP contribution in [0.3, 0.4) is 0 Å². The Bertz CT molecular complexity index is 1050. The van der Waals surface area contributed by atoms with E-state index in [-0.39, 0.29) is 18.5 Å². The van der Waals surface area contributed by atoms with Crippen LogP contribution < -0.4 is 16.6 Å². The Hall–Kier alpha value is -3.15. The number of nitrogens with zero attached hydrogens (tertiary/aromatic N) is 1. The molecule has 0 bridgehead atoms. The summed E-state index contributed by atoms with van der Waals surface area (Å²) in [5.41, 5.74) is 0.433. The Labute approximate surface area is 156 Å². The van der Waals surface area contributed by atoms with E-state index in [1.165, 1.54) is 4.57 Å². The first-order valence-electron chi connectivity index (χ1n) is 9.02. The lowest BCUT2D eigenvalue weighted by Crippen LogP contribution is -2.38. The zero-order valence-electron chi connectivity index (χ0n) is 15.4. The molecule has 2 aromatic carbocycles. The number of carbonyl (C=O) groups excluding carboxylic acids is 1. The average Bonchev–Trinajstić information content (AvgIpc) is 2.65. The van der Waals surface area contributed by atoms with E-state index in [1.807, 2.05) is 30.3 Å². The molecule has 1 heterocycles. The van der Waals surface area contributed by atoms with Crippen LogP contribution in [-0.4, -0.2) is 15.5 Å². The van der Waals surface area contributed by atoms with Crippen molar-refractivity contribution in [1.29, 1.82) is 0 Å². The smallest absolute Gasteiger partial charge is 0.329 e. The summed E-state index contributed by atoms with van der Waals surface area (Å²) in [7, 11) is 0. The largest absolute Gasteiger partial charge is 0.348 e. The number of carbonyl (C=O) groups is 1. The molecule has 2 N–H and O–H groups in total. The normalized spacial score (nSPS) is 12.3. The molecule has 0 aliphatic heterocycles. The van der Waals surface area contributed by atoms with Crippen molar-refractivity contribution in [2.45, 2.75) is 32.9 Å². The van der Waals surface area contributed by atoms with Gasteiger partial charge in [0.15, 0.2) is 0 Å². The molecule has 0 radical (unpaired) electrons. The fraction of sp³-hybridized carbons (Fsp3) is 0.286. The lowest BCUT2D eigenvalue weighted by Gasteiger charge is -2.21. The van der Waals surface area contributed by atoms with Crippen LogP contribution >= 0.6 is 0 Å². The van der Waals surface area contributed by atoms with E-state index in [2.05, 4.69) is 24.1 Å². The summed E-state index contributed by atoms with van der Waals surface area (Å²) in [5.74, 6) is 0.121. The van der Waals surface area contributed by atoms with Gasteiger partial charge in [-0.3, -0.25) is 19.1 Å². The maximum atomic E-state index is 12.7. The van der Waals surface area contributed by atoms with Crippen LogP contribution in [0.1, 0.15) is 31.9 Å². The van der Waals surface area contributed by atoms with Crippen molar-refractivity contribution in [2.24, 2.45) is 5.92 Å². The molecule has 0 aliphatic rings. The van der Waals surface area contributed by atoms with Gasteiger partial charge in [0.05, 0.1) is 16.9 Å². The van der Waals surface area contributed by atoms with Gasteiger partial charge in [-0.1, -0.05) is 56.3 Å². The third-order valence-corrected chi connectivity index (χ3v) is 4.45. The minimum absolute atomic E-state index is 0.136. The van der Waals surface area contributed by atoms with E-state index in [0.29, 0.717) is 16.8 Å². The van der Waals surface area contributed by atoms with Crippen molar-refractivity contribution in [3.63, 3.8) is 0 Å². The monoisotopic (exact) mass is 365 g/mol. The number of aromatic amines is 1. The van der Waals surface area contributed by atoms with E-state index in [4.69, 9.17) is 0 Å². The van der Waals surface area contributed by atoms with Crippen molar-refractivity contribution in [3.8, 4) is 0 Å². The topological polar surface area (TPSA) is 84.0 Å². The SMILES string of the molecule is CC(C)C[C@@H](NC(=O)Cn1c(=O)[nH]c(=O)c2ccccc21)c1ccccc1. The first-order valence-corrected chi connectivity index (χ1v) is 9.02. The van der Waals surface area contributed by atoms with Gasteiger partial charge in [0.1, 0.15) is 6.54 Å². The molecule has 3 rings (SSSR count). The molecule has 1 atom stereocenters. The summed E-state index contributed by atoms with van der Waals surface area (Å²) in [6, 6.07) is 16.4. The minimum atomic E-state index is -0.589. The highest BCUT2D eigenvalue weighted by Gasteiger charge is 2.17. The first-order chi connectivity index (χ1) is 13.0. The molecule has 6 nitrogen and oxygen atoms in total. The molecule has 1 aromatic heterocycles. The summed E-state index contributed by atoms with van der Waals surface area (Å²) in [4.78, 5) is 39.2. The van der Waals surface area contributed by atoms with Crippen LogP contribution in [0.2, 0.25) is 0 Å². The van der Waals surface area contributed by atoms with Gasteiger partial charge >= 0.3 is 5.69 Å². The molecule has 0 saturated carbocycles. The zero-order chi connectivity index (χ0) is 19.4. The summed E-state index contributed by atoms with van der Waals surface area (Å²) < 4.78 is 1.30. The van der Waals surface area contributed by atoms with E-state index in [1.54, 1.807) is 24.3 Å². The van der Waals surface area contributed by atoms with Crippen molar-refractivity contribution in [1.82, 2.24) is 14.9 Å². The average molecular weight is 365 g/mol. The second-order valence-corrected chi connectivity index (χ2v) is 7.02. The van der Waals surface area contributed by atoms with Crippen molar-refractivity contribution in [3.05, 3.63) is 81.0 Å². The van der Waals surface area contributed by atoms with E-state index >= 15 is 0 Å². The van der Waals surface area contributed by atoms with Gasteiger partial charge in [0, 0.05) is 0 Å². The summed E-state index contributed by atoms with van der Waals surface area (Å²) >= 11 is 0. The second-order valence-electron chi connectivity index (χ2n) is 7.02. The summed E-state index contributed by atoms with van der Waals surface area (Å²) in [5, 5.41) is 3.41. The van der Waals surface area contributed by atoms with Crippen LogP contribution in [0.4, 0.5) is 0 Å². The third kappa shape index (κ3) is 4.34. The molecule has 0 fully saturated rings. The molecule has 140 valence electrons. The molecular weight excluding hydrogens is 342 g/mol. The maximum absolute atomic E-state index is 12.7. The number of para-hydroxylation sites is 1. The minimum Gasteiger partial charge on any atom is -0.348 e. The number of amides is 1. The van der Waals surface area contributed by atoms with E-state index < -0.39 is 11.2 Å². The Morgan fingerprint density at radius 3 is 2.41 bits per heavy atom. The Morgan fingerprint density at radius 2 is 1.70 bits per heavy atom. The van der Waals surface area contributed by atoms with Crippen LogP contribution in [0.5, 0.6) is 0 Å².